The van der Waals surface area contributed by atoms with Crippen LogP contribution in [0.4, 0.5) is 4.39 Å². The third kappa shape index (κ3) is 3.02. The Morgan fingerprint density at radius 2 is 2.10 bits per heavy atom. The van der Waals surface area contributed by atoms with Crippen LogP contribution in [0.5, 0.6) is 11.6 Å². The van der Waals surface area contributed by atoms with Crippen LogP contribution in [0, 0.1) is 5.92 Å². The Hall–Kier alpha value is -3.00. The van der Waals surface area contributed by atoms with Gasteiger partial charge >= 0.3 is 0 Å². The average molecular weight is 409 g/mol. The molecule has 7 nitrogen and oxygen atoms in total. The van der Waals surface area contributed by atoms with Crippen molar-refractivity contribution in [1.82, 2.24) is 24.6 Å². The molecule has 6 rings (SSSR count). The fraction of sp³-hybridized carbons (Fsp3) is 0.409. The number of phenolic OH excluding ortho intramolecular Hbond substituents is 1. The third-order valence-corrected chi connectivity index (χ3v) is 6.71. The van der Waals surface area contributed by atoms with Gasteiger partial charge in [0.15, 0.2) is 6.17 Å². The minimum Gasteiger partial charge on any atom is -0.507 e. The lowest BCUT2D eigenvalue weighted by molar-refractivity contribution is -0.136. The molecule has 0 spiro atoms. The van der Waals surface area contributed by atoms with Gasteiger partial charge in [0.05, 0.1) is 23.2 Å². The first-order chi connectivity index (χ1) is 14.5. The molecule has 2 unspecified atom stereocenters. The summed E-state index contributed by atoms with van der Waals surface area (Å²) in [5.41, 5.74) is 1.38. The summed E-state index contributed by atoms with van der Waals surface area (Å²) in [7, 11) is 1.98. The predicted molar refractivity (Wildman–Crippen MR) is 109 cm³/mol. The molecule has 156 valence electrons. The van der Waals surface area contributed by atoms with Gasteiger partial charge in [0.2, 0.25) is 5.88 Å². The molecule has 4 atom stereocenters. The van der Waals surface area contributed by atoms with Crippen molar-refractivity contribution in [3.05, 3.63) is 49.1 Å². The molecule has 2 aromatic heterocycles. The highest BCUT2D eigenvalue weighted by Crippen LogP contribution is 2.45. The molecule has 2 saturated heterocycles. The number of rotatable bonds is 4. The number of hydrogen-bond acceptors (Lipinski definition) is 6. The van der Waals surface area contributed by atoms with Gasteiger partial charge in [-0.15, -0.1) is 10.2 Å². The summed E-state index contributed by atoms with van der Waals surface area (Å²) in [5, 5.41) is 18.8. The first kappa shape index (κ1) is 19.0. The molecule has 8 heteroatoms. The first-order valence-electron chi connectivity index (χ1n) is 10.1. The number of phenols is 1. The van der Waals surface area contributed by atoms with E-state index in [-0.39, 0.29) is 11.7 Å². The fourth-order valence-corrected chi connectivity index (χ4v) is 4.66. The van der Waals surface area contributed by atoms with Gasteiger partial charge in [-0.3, -0.25) is 4.90 Å². The number of imidazole rings is 1. The minimum absolute atomic E-state index is 0.0912. The Kier molecular flexibility index (Phi) is 4.47. The van der Waals surface area contributed by atoms with Crippen molar-refractivity contribution in [3.8, 4) is 28.6 Å². The highest BCUT2D eigenvalue weighted by atomic mass is 19.1. The summed E-state index contributed by atoms with van der Waals surface area (Å²) in [4.78, 5) is 6.12. The van der Waals surface area contributed by atoms with Crippen LogP contribution >= 0.6 is 0 Å². The van der Waals surface area contributed by atoms with Crippen LogP contribution in [-0.2, 0) is 0 Å². The zero-order chi connectivity index (χ0) is 20.9. The number of alkyl halides is 1. The van der Waals surface area contributed by atoms with Gasteiger partial charge in [0.1, 0.15) is 11.9 Å². The maximum absolute atomic E-state index is 15.2. The number of nitrogens with zero attached hydrogens (tertiary/aromatic N) is 5. The predicted octanol–water partition coefficient (Wildman–Crippen LogP) is 3.23. The molecule has 4 heterocycles. The Bertz CT molecular complexity index is 1040. The van der Waals surface area contributed by atoms with E-state index in [4.69, 9.17) is 4.74 Å². The summed E-state index contributed by atoms with van der Waals surface area (Å²) >= 11 is 0. The van der Waals surface area contributed by atoms with Crippen molar-refractivity contribution in [2.45, 2.75) is 37.6 Å². The Balaban J connectivity index is 1.34. The third-order valence-electron chi connectivity index (χ3n) is 6.71. The monoisotopic (exact) mass is 409 g/mol. The number of aromatic hydroxyl groups is 1. The largest absolute Gasteiger partial charge is 0.507 e. The van der Waals surface area contributed by atoms with Crippen molar-refractivity contribution in [2.24, 2.45) is 5.92 Å². The molecule has 1 aliphatic carbocycles. The van der Waals surface area contributed by atoms with Crippen molar-refractivity contribution >= 4 is 0 Å². The Morgan fingerprint density at radius 3 is 2.77 bits per heavy atom. The van der Waals surface area contributed by atoms with Crippen LogP contribution < -0.4 is 4.74 Å². The van der Waals surface area contributed by atoms with Crippen molar-refractivity contribution in [2.75, 3.05) is 13.6 Å². The van der Waals surface area contributed by atoms with Crippen LogP contribution in [0.1, 0.15) is 19.8 Å². The highest BCUT2D eigenvalue weighted by molar-refractivity contribution is 5.68. The molecule has 1 aromatic carbocycles. The van der Waals surface area contributed by atoms with E-state index in [2.05, 4.69) is 20.1 Å². The summed E-state index contributed by atoms with van der Waals surface area (Å²) in [6.07, 6.45) is 5.35. The van der Waals surface area contributed by atoms with E-state index < -0.39 is 17.8 Å². The summed E-state index contributed by atoms with van der Waals surface area (Å²) in [5.74, 6) is 0.543. The second-order valence-corrected chi connectivity index (χ2v) is 8.45. The molecule has 1 N–H and O–H groups in total. The number of halogens is 1. The van der Waals surface area contributed by atoms with Crippen LogP contribution in [0.2, 0.25) is 0 Å². The Morgan fingerprint density at radius 1 is 1.23 bits per heavy atom. The standard InChI is InChI=1S/C22H24FN5O2/c1-22-8-7-14(12-27(22)2)20(21(22)23)30-19-6-5-17(25-26-19)16-4-3-15(11-18(16)29)28-10-9-24-13-28/h3-6,9-11,13-14,20-21,29H,7-8,12H2,1-2H3/t14-,20?,21?,22-/m0/s1. The molecular weight excluding hydrogens is 385 g/mol. The molecule has 0 radical (unpaired) electrons. The maximum Gasteiger partial charge on any atom is 0.233 e. The van der Waals surface area contributed by atoms with Gasteiger partial charge in [0, 0.05) is 42.6 Å². The number of hydrogen-bond donors (Lipinski definition) is 1. The van der Waals surface area contributed by atoms with Gasteiger partial charge in [-0.05, 0) is 45.0 Å². The first-order valence-corrected chi connectivity index (χ1v) is 10.1. The second kappa shape index (κ2) is 7.05. The number of piperidine rings is 2. The smallest absolute Gasteiger partial charge is 0.233 e. The van der Waals surface area contributed by atoms with E-state index in [1.807, 2.05) is 20.0 Å². The van der Waals surface area contributed by atoms with Gasteiger partial charge in [-0.1, -0.05) is 0 Å². The van der Waals surface area contributed by atoms with Gasteiger partial charge in [0.25, 0.3) is 0 Å². The van der Waals surface area contributed by atoms with E-state index in [0.29, 0.717) is 17.1 Å². The molecule has 1 saturated carbocycles. The van der Waals surface area contributed by atoms with Gasteiger partial charge < -0.3 is 14.4 Å². The zero-order valence-corrected chi connectivity index (χ0v) is 16.9. The lowest BCUT2D eigenvalue weighted by atomic mass is 9.68. The van der Waals surface area contributed by atoms with Crippen LogP contribution in [0.15, 0.2) is 49.1 Å². The number of aromatic nitrogens is 4. The van der Waals surface area contributed by atoms with Gasteiger partial charge in [-0.25, -0.2) is 9.37 Å². The number of fused-ring (bicyclic) bond motifs is 3. The SMILES string of the molecule is CN1C[C@@H]2CC[C@@]1(C)C(F)C2Oc1ccc(-c2ccc(-n3ccnc3)cc2O)nn1. The van der Waals surface area contributed by atoms with E-state index in [9.17, 15) is 5.11 Å². The van der Waals surface area contributed by atoms with Crippen LogP contribution in [0.3, 0.4) is 0 Å². The molecule has 0 amide bonds. The zero-order valence-electron chi connectivity index (χ0n) is 16.9. The molecule has 3 aliphatic rings. The van der Waals surface area contributed by atoms with E-state index in [1.165, 1.54) is 0 Å². The lowest BCUT2D eigenvalue weighted by Crippen LogP contribution is -2.68. The van der Waals surface area contributed by atoms with Crippen molar-refractivity contribution in [1.29, 1.82) is 0 Å². The fourth-order valence-electron chi connectivity index (χ4n) is 4.66. The molecule has 2 aliphatic heterocycles. The Labute approximate surface area is 174 Å². The molecule has 2 bridgehead atoms. The number of ether oxygens (including phenoxy) is 1. The minimum atomic E-state index is -1.07. The summed E-state index contributed by atoms with van der Waals surface area (Å²) < 4.78 is 22.9. The van der Waals surface area contributed by atoms with Crippen molar-refractivity contribution in [3.63, 3.8) is 0 Å². The summed E-state index contributed by atoms with van der Waals surface area (Å²) in [6, 6.07) is 8.71. The lowest BCUT2D eigenvalue weighted by Gasteiger charge is -2.56. The van der Waals surface area contributed by atoms with E-state index in [0.717, 1.165) is 25.1 Å². The van der Waals surface area contributed by atoms with E-state index in [1.54, 1.807) is 47.6 Å². The molecule has 3 fully saturated rings. The average Bonchev–Trinajstić information content (AvgIpc) is 3.28. The van der Waals surface area contributed by atoms with Crippen molar-refractivity contribution < 1.29 is 14.2 Å². The topological polar surface area (TPSA) is 76.3 Å². The van der Waals surface area contributed by atoms with E-state index >= 15 is 4.39 Å². The quantitative estimate of drug-likeness (QED) is 0.713. The molecule has 3 aromatic rings. The maximum atomic E-state index is 15.2. The summed E-state index contributed by atoms with van der Waals surface area (Å²) in [6.45, 7) is 2.79. The second-order valence-electron chi connectivity index (χ2n) is 8.45. The normalized spacial score (nSPS) is 28.6. The molecular formula is C22H24FN5O2. The van der Waals surface area contributed by atoms with Gasteiger partial charge in [-0.2, -0.15) is 0 Å². The van der Waals surface area contributed by atoms with Crippen LogP contribution in [-0.4, -0.2) is 61.2 Å². The molecule has 30 heavy (non-hydrogen) atoms. The highest BCUT2D eigenvalue weighted by Gasteiger charge is 2.55. The number of benzene rings is 1. The van der Waals surface area contributed by atoms with Crippen LogP contribution in [0.25, 0.3) is 16.9 Å².